The molecular formula is C28H28F2N6O3. The monoisotopic (exact) mass is 534 g/mol. The zero-order valence-corrected chi connectivity index (χ0v) is 21.3. The van der Waals surface area contributed by atoms with Crippen LogP contribution in [0.3, 0.4) is 0 Å². The van der Waals surface area contributed by atoms with Crippen LogP contribution in [0.15, 0.2) is 58.2 Å². The van der Waals surface area contributed by atoms with Crippen LogP contribution in [-0.2, 0) is 17.8 Å². The van der Waals surface area contributed by atoms with Crippen molar-refractivity contribution in [3.8, 4) is 28.4 Å². The van der Waals surface area contributed by atoms with Gasteiger partial charge in [-0.1, -0.05) is 11.2 Å². The fourth-order valence-electron chi connectivity index (χ4n) is 4.65. The van der Waals surface area contributed by atoms with Crippen molar-refractivity contribution in [2.45, 2.75) is 19.5 Å². The Morgan fingerprint density at radius 2 is 1.90 bits per heavy atom. The highest BCUT2D eigenvalue weighted by Gasteiger charge is 2.21. The Labute approximate surface area is 224 Å². The number of ether oxygens (including phenoxy) is 2. The molecule has 2 aromatic heterocycles. The second-order valence-electron chi connectivity index (χ2n) is 9.48. The minimum absolute atomic E-state index is 0.0774. The number of hydrogen-bond donors (Lipinski definition) is 1. The zero-order valence-electron chi connectivity index (χ0n) is 21.3. The first-order chi connectivity index (χ1) is 19.1. The molecule has 6 rings (SSSR count). The molecule has 0 radical (unpaired) electrons. The molecule has 39 heavy (non-hydrogen) atoms. The van der Waals surface area contributed by atoms with Gasteiger partial charge < -0.3 is 19.0 Å². The van der Waals surface area contributed by atoms with Crippen LogP contribution in [0.2, 0.25) is 0 Å². The lowest BCUT2D eigenvalue weighted by Gasteiger charge is -2.26. The van der Waals surface area contributed by atoms with Gasteiger partial charge in [-0.2, -0.15) is 5.10 Å². The Bertz CT molecular complexity index is 1450. The molecule has 0 spiro atoms. The van der Waals surface area contributed by atoms with Crippen molar-refractivity contribution in [1.82, 2.24) is 25.0 Å². The Balaban J connectivity index is 1.02. The third kappa shape index (κ3) is 5.84. The van der Waals surface area contributed by atoms with Crippen LogP contribution in [0.4, 0.5) is 8.78 Å². The number of aromatic nitrogens is 3. The van der Waals surface area contributed by atoms with Gasteiger partial charge in [-0.15, -0.1) is 0 Å². The molecule has 2 aliphatic heterocycles. The molecule has 0 amide bonds. The van der Waals surface area contributed by atoms with Crippen LogP contribution in [0.25, 0.3) is 22.6 Å². The fourth-order valence-corrected chi connectivity index (χ4v) is 4.65. The Morgan fingerprint density at radius 3 is 2.74 bits per heavy atom. The third-order valence-corrected chi connectivity index (χ3v) is 6.74. The second kappa shape index (κ2) is 11.3. The summed E-state index contributed by atoms with van der Waals surface area (Å²) >= 11 is 0. The lowest BCUT2D eigenvalue weighted by Crippen LogP contribution is -2.37. The molecule has 0 atom stereocenters. The number of hydrogen-bond acceptors (Lipinski definition) is 8. The summed E-state index contributed by atoms with van der Waals surface area (Å²) in [6.07, 6.45) is 2.56. The average molecular weight is 535 g/mol. The maximum absolute atomic E-state index is 14.2. The average Bonchev–Trinajstić information content (AvgIpc) is 3.60. The number of rotatable bonds is 9. The normalized spacial score (nSPS) is 15.5. The quantitative estimate of drug-likeness (QED) is 0.317. The van der Waals surface area contributed by atoms with Crippen molar-refractivity contribution in [2.75, 3.05) is 39.5 Å². The van der Waals surface area contributed by atoms with Gasteiger partial charge in [-0.3, -0.25) is 9.91 Å². The van der Waals surface area contributed by atoms with Crippen LogP contribution < -0.4 is 4.74 Å². The van der Waals surface area contributed by atoms with Gasteiger partial charge in [0.25, 0.3) is 0 Å². The number of fused-ring (bicyclic) bond motifs is 1. The Morgan fingerprint density at radius 1 is 1.05 bits per heavy atom. The Hall–Kier alpha value is -4.09. The van der Waals surface area contributed by atoms with Crippen LogP contribution in [0.5, 0.6) is 5.75 Å². The standard InChI is InChI=1S/C28H28F2N6O3/c29-23-4-1-3-22(27(23)30)28-32-25-16-31-36(18-26(25)33-28)17-21-15-24(34-39-21)19-5-7-20(8-6-19)38-12-2-9-35-10-13-37-14-11-35/h1,3-8,15-16H,2,9-14,17-18H2,(H,32,33). The predicted molar refractivity (Wildman–Crippen MR) is 140 cm³/mol. The highest BCUT2D eigenvalue weighted by atomic mass is 19.2. The van der Waals surface area contributed by atoms with Gasteiger partial charge in [0.2, 0.25) is 0 Å². The summed E-state index contributed by atoms with van der Waals surface area (Å²) in [7, 11) is 0. The maximum Gasteiger partial charge on any atom is 0.169 e. The second-order valence-corrected chi connectivity index (χ2v) is 9.48. The minimum Gasteiger partial charge on any atom is -0.494 e. The van der Waals surface area contributed by atoms with Crippen LogP contribution in [-0.4, -0.2) is 70.7 Å². The molecule has 2 aromatic carbocycles. The SMILES string of the molecule is Fc1cccc(-c2nc3c([nH]2)CN(Cc2cc(-c4ccc(OCCCN5CCOCC5)cc4)no2)N=C3)c1F. The lowest BCUT2D eigenvalue weighted by molar-refractivity contribution is 0.0358. The zero-order chi connectivity index (χ0) is 26.6. The van der Waals surface area contributed by atoms with Gasteiger partial charge in [-0.05, 0) is 42.8 Å². The van der Waals surface area contributed by atoms with E-state index in [1.54, 1.807) is 11.2 Å². The summed E-state index contributed by atoms with van der Waals surface area (Å²) in [6, 6.07) is 13.7. The Kier molecular flexibility index (Phi) is 7.33. The van der Waals surface area contributed by atoms with Crippen LogP contribution in [0.1, 0.15) is 23.6 Å². The molecule has 1 N–H and O–H groups in total. The number of nitrogens with zero attached hydrogens (tertiary/aromatic N) is 5. The summed E-state index contributed by atoms with van der Waals surface area (Å²) in [5, 5.41) is 10.4. The molecule has 0 unspecified atom stereocenters. The van der Waals surface area contributed by atoms with Gasteiger partial charge in [0, 0.05) is 31.3 Å². The minimum atomic E-state index is -0.935. The molecule has 202 valence electrons. The number of hydrazone groups is 1. The van der Waals surface area contributed by atoms with E-state index in [2.05, 4.69) is 25.1 Å². The highest BCUT2D eigenvalue weighted by Crippen LogP contribution is 2.26. The van der Waals surface area contributed by atoms with E-state index in [1.165, 1.54) is 12.1 Å². The number of H-pyrrole nitrogens is 1. The van der Waals surface area contributed by atoms with Gasteiger partial charge in [0.05, 0.1) is 50.4 Å². The van der Waals surface area contributed by atoms with E-state index in [0.29, 0.717) is 31.2 Å². The number of nitrogens with one attached hydrogen (secondary N) is 1. The van der Waals surface area contributed by atoms with E-state index >= 15 is 0 Å². The van der Waals surface area contributed by atoms with Gasteiger partial charge >= 0.3 is 0 Å². The first kappa shape index (κ1) is 25.2. The fraction of sp³-hybridized carbons (Fsp3) is 0.321. The molecule has 4 aromatic rings. The van der Waals surface area contributed by atoms with Gasteiger partial charge in [0.15, 0.2) is 17.4 Å². The van der Waals surface area contributed by atoms with E-state index in [4.69, 9.17) is 14.0 Å². The molecular weight excluding hydrogens is 506 g/mol. The van der Waals surface area contributed by atoms with E-state index in [9.17, 15) is 8.78 Å². The maximum atomic E-state index is 14.2. The van der Waals surface area contributed by atoms with E-state index < -0.39 is 11.6 Å². The molecule has 0 aliphatic carbocycles. The smallest absolute Gasteiger partial charge is 0.169 e. The lowest BCUT2D eigenvalue weighted by atomic mass is 10.1. The van der Waals surface area contributed by atoms with Crippen molar-refractivity contribution in [1.29, 1.82) is 0 Å². The number of imidazole rings is 1. The highest BCUT2D eigenvalue weighted by molar-refractivity contribution is 5.80. The van der Waals surface area contributed by atoms with Crippen molar-refractivity contribution in [3.63, 3.8) is 0 Å². The third-order valence-electron chi connectivity index (χ3n) is 6.74. The number of halogens is 2. The number of benzene rings is 2. The number of morpholine rings is 1. The van der Waals surface area contributed by atoms with E-state index in [0.717, 1.165) is 68.0 Å². The summed E-state index contributed by atoms with van der Waals surface area (Å²) in [5.41, 5.74) is 3.06. The molecule has 9 nitrogen and oxygen atoms in total. The summed E-state index contributed by atoms with van der Waals surface area (Å²) in [6.45, 7) is 6.06. The topological polar surface area (TPSA) is 92.0 Å². The summed E-state index contributed by atoms with van der Waals surface area (Å²) in [5.74, 6) is -0.128. The molecule has 0 bridgehead atoms. The molecule has 1 fully saturated rings. The first-order valence-electron chi connectivity index (χ1n) is 12.9. The van der Waals surface area contributed by atoms with Crippen molar-refractivity contribution >= 4 is 6.21 Å². The van der Waals surface area contributed by atoms with Crippen LogP contribution >= 0.6 is 0 Å². The largest absolute Gasteiger partial charge is 0.494 e. The number of aromatic amines is 1. The molecule has 4 heterocycles. The van der Waals surface area contributed by atoms with Crippen molar-refractivity contribution in [3.05, 3.63) is 77.3 Å². The summed E-state index contributed by atoms with van der Waals surface area (Å²) in [4.78, 5) is 9.85. The van der Waals surface area contributed by atoms with Crippen LogP contribution in [0, 0.1) is 11.6 Å². The summed E-state index contributed by atoms with van der Waals surface area (Å²) < 4.78 is 44.7. The van der Waals surface area contributed by atoms with Crippen molar-refractivity contribution < 1.29 is 22.8 Å². The van der Waals surface area contributed by atoms with Gasteiger partial charge in [-0.25, -0.2) is 13.8 Å². The van der Waals surface area contributed by atoms with E-state index in [1.807, 2.05) is 30.3 Å². The molecule has 0 saturated carbocycles. The predicted octanol–water partition coefficient (Wildman–Crippen LogP) is 4.46. The van der Waals surface area contributed by atoms with E-state index in [-0.39, 0.29) is 11.4 Å². The van der Waals surface area contributed by atoms with Crippen molar-refractivity contribution in [2.24, 2.45) is 5.10 Å². The van der Waals surface area contributed by atoms with Gasteiger partial charge in [0.1, 0.15) is 23.0 Å². The molecule has 2 aliphatic rings. The molecule has 11 heteroatoms. The first-order valence-corrected chi connectivity index (χ1v) is 12.9. The molecule has 1 saturated heterocycles.